The third-order valence-corrected chi connectivity index (χ3v) is 5.27. The average molecular weight is 362 g/mol. The predicted octanol–water partition coefficient (Wildman–Crippen LogP) is 2.64. The Morgan fingerprint density at radius 3 is 2.72 bits per heavy atom. The molecule has 0 spiro atoms. The van der Waals surface area contributed by atoms with E-state index in [0.717, 1.165) is 16.9 Å². The van der Waals surface area contributed by atoms with Crippen LogP contribution >= 0.6 is 11.3 Å². The second-order valence-electron chi connectivity index (χ2n) is 6.03. The van der Waals surface area contributed by atoms with E-state index >= 15 is 0 Å². The average Bonchev–Trinajstić information content (AvgIpc) is 3.25. The number of likely N-dealkylation sites (tertiary alicyclic amines) is 1. The predicted molar refractivity (Wildman–Crippen MR) is 92.9 cm³/mol. The smallest absolute Gasteiger partial charge is 0.320 e. The molecule has 25 heavy (non-hydrogen) atoms. The highest BCUT2D eigenvalue weighted by molar-refractivity contribution is 7.10. The maximum absolute atomic E-state index is 13.2. The molecule has 0 bridgehead atoms. The van der Waals surface area contributed by atoms with Gasteiger partial charge in [-0.1, -0.05) is 18.2 Å². The first-order valence-corrected chi connectivity index (χ1v) is 8.97. The maximum atomic E-state index is 13.2. The Hall–Kier alpha value is -2.25. The number of nitrogens with zero attached hydrogens (tertiary/aromatic N) is 1. The fourth-order valence-corrected chi connectivity index (χ4v) is 3.92. The lowest BCUT2D eigenvalue weighted by molar-refractivity contribution is -0.142. The van der Waals surface area contributed by atoms with Crippen LogP contribution in [0, 0.1) is 5.82 Å². The third-order valence-electron chi connectivity index (χ3n) is 4.33. The van der Waals surface area contributed by atoms with Gasteiger partial charge in [0.05, 0.1) is 12.6 Å². The fraction of sp³-hybridized carbons (Fsp3) is 0.333. The zero-order chi connectivity index (χ0) is 17.8. The van der Waals surface area contributed by atoms with E-state index in [-0.39, 0.29) is 24.3 Å². The number of aliphatic carboxylic acids is 1. The van der Waals surface area contributed by atoms with Crippen LogP contribution in [0.1, 0.15) is 29.3 Å². The number of carboxylic acid groups (broad SMARTS) is 1. The van der Waals surface area contributed by atoms with Crippen molar-refractivity contribution in [1.82, 2.24) is 10.2 Å². The number of thiophene rings is 1. The minimum Gasteiger partial charge on any atom is -0.480 e. The Kier molecular flexibility index (Phi) is 5.45. The standard InChI is InChI=1S/C18H19FN2O3S/c19-13-7-5-12(6-8-13)17(15-4-2-10-25-15)20-16(22)11-21-9-1-3-14(21)18(23)24/h2,4-8,10,14,17H,1,3,9,11H2,(H,20,22)(H,23,24)/t14-,17?/m1/s1. The van der Waals surface area contributed by atoms with Crippen LogP contribution in [0.25, 0.3) is 0 Å². The summed E-state index contributed by atoms with van der Waals surface area (Å²) >= 11 is 1.50. The highest BCUT2D eigenvalue weighted by atomic mass is 32.1. The molecule has 0 saturated carbocycles. The maximum Gasteiger partial charge on any atom is 0.320 e. The number of benzene rings is 1. The van der Waals surface area contributed by atoms with Crippen LogP contribution in [0.2, 0.25) is 0 Å². The monoisotopic (exact) mass is 362 g/mol. The molecule has 1 fully saturated rings. The Labute approximate surface area is 149 Å². The first-order valence-electron chi connectivity index (χ1n) is 8.09. The normalized spacial score (nSPS) is 18.8. The Morgan fingerprint density at radius 2 is 2.08 bits per heavy atom. The van der Waals surface area contributed by atoms with E-state index in [1.54, 1.807) is 17.0 Å². The topological polar surface area (TPSA) is 69.6 Å². The van der Waals surface area contributed by atoms with Gasteiger partial charge < -0.3 is 10.4 Å². The van der Waals surface area contributed by atoms with Crippen LogP contribution in [-0.4, -0.2) is 41.0 Å². The summed E-state index contributed by atoms with van der Waals surface area (Å²) in [6, 6.07) is 8.85. The molecular formula is C18H19FN2O3S. The molecule has 1 amide bonds. The Bertz CT molecular complexity index is 733. The summed E-state index contributed by atoms with van der Waals surface area (Å²) in [6.07, 6.45) is 1.34. The quantitative estimate of drug-likeness (QED) is 0.829. The summed E-state index contributed by atoms with van der Waals surface area (Å²) < 4.78 is 13.2. The van der Waals surface area contributed by atoms with Crippen molar-refractivity contribution in [3.05, 3.63) is 58.0 Å². The van der Waals surface area contributed by atoms with Crippen molar-refractivity contribution in [1.29, 1.82) is 0 Å². The first-order chi connectivity index (χ1) is 12.0. The van der Waals surface area contributed by atoms with Crippen LogP contribution < -0.4 is 5.32 Å². The van der Waals surface area contributed by atoms with E-state index in [4.69, 9.17) is 0 Å². The molecule has 2 atom stereocenters. The van der Waals surface area contributed by atoms with Gasteiger partial charge in [0.2, 0.25) is 5.91 Å². The van der Waals surface area contributed by atoms with E-state index in [9.17, 15) is 19.1 Å². The van der Waals surface area contributed by atoms with Crippen LogP contribution in [-0.2, 0) is 9.59 Å². The lowest BCUT2D eigenvalue weighted by Crippen LogP contribution is -2.43. The SMILES string of the molecule is O=C(CN1CCC[C@@H]1C(=O)O)NC(c1ccc(F)cc1)c1cccs1. The minimum atomic E-state index is -0.890. The Balaban J connectivity index is 1.73. The van der Waals surface area contributed by atoms with E-state index in [1.807, 2.05) is 17.5 Å². The van der Waals surface area contributed by atoms with Gasteiger partial charge in [-0.15, -0.1) is 11.3 Å². The summed E-state index contributed by atoms with van der Waals surface area (Å²) in [5.74, 6) is -1.46. The van der Waals surface area contributed by atoms with Crippen molar-refractivity contribution < 1.29 is 19.1 Å². The van der Waals surface area contributed by atoms with Gasteiger partial charge >= 0.3 is 5.97 Å². The van der Waals surface area contributed by atoms with Crippen LogP contribution in [0.15, 0.2) is 41.8 Å². The molecule has 132 valence electrons. The zero-order valence-corrected chi connectivity index (χ0v) is 14.3. The Morgan fingerprint density at radius 1 is 1.32 bits per heavy atom. The summed E-state index contributed by atoms with van der Waals surface area (Å²) in [6.45, 7) is 0.643. The van der Waals surface area contributed by atoms with Crippen LogP contribution in [0.4, 0.5) is 4.39 Å². The molecule has 1 aromatic heterocycles. The molecule has 1 aliphatic heterocycles. The molecular weight excluding hydrogens is 343 g/mol. The fourth-order valence-electron chi connectivity index (χ4n) is 3.12. The number of carboxylic acids is 1. The van der Waals surface area contributed by atoms with E-state index in [1.165, 1.54) is 23.5 Å². The summed E-state index contributed by atoms with van der Waals surface area (Å²) in [5.41, 5.74) is 0.786. The van der Waals surface area contributed by atoms with Crippen molar-refractivity contribution in [2.45, 2.75) is 24.9 Å². The van der Waals surface area contributed by atoms with Gasteiger partial charge in [-0.25, -0.2) is 4.39 Å². The van der Waals surface area contributed by atoms with E-state index in [2.05, 4.69) is 5.32 Å². The van der Waals surface area contributed by atoms with Crippen molar-refractivity contribution in [3.63, 3.8) is 0 Å². The van der Waals surface area contributed by atoms with Crippen molar-refractivity contribution >= 4 is 23.2 Å². The number of halogens is 1. The number of hydrogen-bond donors (Lipinski definition) is 2. The van der Waals surface area contributed by atoms with E-state index < -0.39 is 12.0 Å². The minimum absolute atomic E-state index is 0.0417. The zero-order valence-electron chi connectivity index (χ0n) is 13.5. The molecule has 0 aliphatic carbocycles. The second kappa shape index (κ2) is 7.76. The molecule has 1 aliphatic rings. The number of carbonyl (C=O) groups excluding carboxylic acids is 1. The number of rotatable bonds is 6. The highest BCUT2D eigenvalue weighted by Gasteiger charge is 2.32. The molecule has 2 aromatic rings. The second-order valence-corrected chi connectivity index (χ2v) is 7.01. The van der Waals surface area contributed by atoms with Gasteiger partial charge in [-0.2, -0.15) is 0 Å². The molecule has 1 saturated heterocycles. The van der Waals surface area contributed by atoms with E-state index in [0.29, 0.717) is 13.0 Å². The lowest BCUT2D eigenvalue weighted by Gasteiger charge is -2.23. The molecule has 2 heterocycles. The first kappa shape index (κ1) is 17.6. The van der Waals surface area contributed by atoms with Gasteiger partial charge in [0, 0.05) is 4.88 Å². The number of hydrogen-bond acceptors (Lipinski definition) is 4. The van der Waals surface area contributed by atoms with Gasteiger partial charge in [0.25, 0.3) is 0 Å². The van der Waals surface area contributed by atoms with Gasteiger partial charge in [0.1, 0.15) is 11.9 Å². The molecule has 1 unspecified atom stereocenters. The number of carbonyl (C=O) groups is 2. The molecule has 7 heteroatoms. The molecule has 1 aromatic carbocycles. The van der Waals surface area contributed by atoms with Crippen molar-refractivity contribution in [2.24, 2.45) is 0 Å². The number of nitrogens with one attached hydrogen (secondary N) is 1. The van der Waals surface area contributed by atoms with Gasteiger partial charge in [-0.05, 0) is 48.5 Å². The summed E-state index contributed by atoms with van der Waals surface area (Å²) in [4.78, 5) is 26.4. The van der Waals surface area contributed by atoms with Crippen molar-refractivity contribution in [3.8, 4) is 0 Å². The van der Waals surface area contributed by atoms with Crippen LogP contribution in [0.3, 0.4) is 0 Å². The lowest BCUT2D eigenvalue weighted by atomic mass is 10.1. The molecule has 2 N–H and O–H groups in total. The highest BCUT2D eigenvalue weighted by Crippen LogP contribution is 2.26. The van der Waals surface area contributed by atoms with Gasteiger partial charge in [0.15, 0.2) is 0 Å². The number of amides is 1. The summed E-state index contributed by atoms with van der Waals surface area (Å²) in [5, 5.41) is 14.1. The largest absolute Gasteiger partial charge is 0.480 e. The third kappa shape index (κ3) is 4.24. The van der Waals surface area contributed by atoms with Crippen molar-refractivity contribution in [2.75, 3.05) is 13.1 Å². The molecule has 5 nitrogen and oxygen atoms in total. The molecule has 0 radical (unpaired) electrons. The molecule has 3 rings (SSSR count). The van der Waals surface area contributed by atoms with Gasteiger partial charge in [-0.3, -0.25) is 14.5 Å². The van der Waals surface area contributed by atoms with Crippen LogP contribution in [0.5, 0.6) is 0 Å². The summed E-state index contributed by atoms with van der Waals surface area (Å²) in [7, 11) is 0.